The highest BCUT2D eigenvalue weighted by Gasteiger charge is 2.34. The smallest absolute Gasteiger partial charge is 0.277 e. The van der Waals surface area contributed by atoms with Crippen LogP contribution in [-0.2, 0) is 11.2 Å². The zero-order valence-electron chi connectivity index (χ0n) is 12.6. The average Bonchev–Trinajstić information content (AvgIpc) is 2.87. The monoisotopic (exact) mass is 293 g/mol. The summed E-state index contributed by atoms with van der Waals surface area (Å²) in [6, 6.07) is -0.429. The van der Waals surface area contributed by atoms with Crippen molar-refractivity contribution in [3.05, 3.63) is 11.4 Å². The van der Waals surface area contributed by atoms with Crippen molar-refractivity contribution in [1.82, 2.24) is 20.4 Å². The molecule has 21 heavy (non-hydrogen) atoms. The molecule has 0 aliphatic carbocycles. The molecule has 1 aliphatic heterocycles. The summed E-state index contributed by atoms with van der Waals surface area (Å²) in [5.41, 5.74) is 7.43. The highest BCUT2D eigenvalue weighted by atomic mass is 16.2. The van der Waals surface area contributed by atoms with Crippen molar-refractivity contribution in [2.45, 2.75) is 45.1 Å². The van der Waals surface area contributed by atoms with Gasteiger partial charge in [0.15, 0.2) is 5.69 Å². The number of amides is 2. The summed E-state index contributed by atoms with van der Waals surface area (Å²) in [6.45, 7) is 2.60. The molecule has 1 fully saturated rings. The summed E-state index contributed by atoms with van der Waals surface area (Å²) < 4.78 is 0. The van der Waals surface area contributed by atoms with Gasteiger partial charge in [0.05, 0.1) is 11.4 Å². The zero-order valence-corrected chi connectivity index (χ0v) is 12.6. The van der Waals surface area contributed by atoms with E-state index in [0.29, 0.717) is 18.7 Å². The number of hydrogen-bond acceptors (Lipinski definition) is 4. The van der Waals surface area contributed by atoms with E-state index >= 15 is 0 Å². The number of anilines is 1. The molecule has 2 rings (SSSR count). The fourth-order valence-corrected chi connectivity index (χ4v) is 2.74. The predicted molar refractivity (Wildman–Crippen MR) is 79.7 cm³/mol. The van der Waals surface area contributed by atoms with Gasteiger partial charge < -0.3 is 16.0 Å². The SMILES string of the molecule is CCCc1[nH]nc(C(=O)N2CCCCC2C(=O)NC)c1N. The molecule has 0 aromatic carbocycles. The van der Waals surface area contributed by atoms with E-state index in [9.17, 15) is 9.59 Å². The third-order valence-electron chi connectivity index (χ3n) is 3.90. The van der Waals surface area contributed by atoms with Crippen LogP contribution in [0.4, 0.5) is 5.69 Å². The maximum atomic E-state index is 12.7. The Morgan fingerprint density at radius 2 is 2.24 bits per heavy atom. The van der Waals surface area contributed by atoms with Gasteiger partial charge in [0.2, 0.25) is 5.91 Å². The second-order valence-corrected chi connectivity index (χ2v) is 5.34. The number of likely N-dealkylation sites (tertiary alicyclic amines) is 1. The molecule has 1 saturated heterocycles. The molecule has 1 aromatic rings. The van der Waals surface area contributed by atoms with Crippen molar-refractivity contribution in [2.24, 2.45) is 0 Å². The number of aromatic amines is 1. The first-order valence-corrected chi connectivity index (χ1v) is 7.45. The lowest BCUT2D eigenvalue weighted by atomic mass is 10.0. The molecule has 1 unspecified atom stereocenters. The Hall–Kier alpha value is -2.05. The van der Waals surface area contributed by atoms with Crippen LogP contribution in [0.25, 0.3) is 0 Å². The summed E-state index contributed by atoms with van der Waals surface area (Å²) in [4.78, 5) is 26.2. The van der Waals surface area contributed by atoms with Gasteiger partial charge in [-0.15, -0.1) is 0 Å². The Bertz CT molecular complexity index is 525. The van der Waals surface area contributed by atoms with E-state index in [1.165, 1.54) is 0 Å². The van der Waals surface area contributed by atoms with Crippen LogP contribution in [-0.4, -0.2) is 46.5 Å². The third kappa shape index (κ3) is 3.01. The average molecular weight is 293 g/mol. The van der Waals surface area contributed by atoms with Gasteiger partial charge >= 0.3 is 0 Å². The quantitative estimate of drug-likeness (QED) is 0.759. The summed E-state index contributed by atoms with van der Waals surface area (Å²) in [6.07, 6.45) is 4.19. The fraction of sp³-hybridized carbons (Fsp3) is 0.643. The maximum Gasteiger partial charge on any atom is 0.277 e. The summed E-state index contributed by atoms with van der Waals surface area (Å²) in [5, 5.41) is 9.50. The lowest BCUT2D eigenvalue weighted by Gasteiger charge is -2.34. The number of hydrogen-bond donors (Lipinski definition) is 3. The minimum atomic E-state index is -0.429. The van der Waals surface area contributed by atoms with Crippen LogP contribution < -0.4 is 11.1 Å². The fourth-order valence-electron chi connectivity index (χ4n) is 2.74. The topological polar surface area (TPSA) is 104 Å². The Morgan fingerprint density at radius 1 is 1.48 bits per heavy atom. The molecule has 1 aliphatic rings. The summed E-state index contributed by atoms with van der Waals surface area (Å²) >= 11 is 0. The van der Waals surface area contributed by atoms with Gasteiger partial charge in [0, 0.05) is 13.6 Å². The Balaban J connectivity index is 2.22. The van der Waals surface area contributed by atoms with E-state index in [4.69, 9.17) is 5.73 Å². The van der Waals surface area contributed by atoms with Crippen LogP contribution in [0.3, 0.4) is 0 Å². The molecule has 2 heterocycles. The molecule has 1 aromatic heterocycles. The number of aryl methyl sites for hydroxylation is 1. The van der Waals surface area contributed by atoms with Gasteiger partial charge in [-0.05, 0) is 25.7 Å². The second-order valence-electron chi connectivity index (χ2n) is 5.34. The van der Waals surface area contributed by atoms with Crippen molar-refractivity contribution < 1.29 is 9.59 Å². The molecule has 2 amide bonds. The maximum absolute atomic E-state index is 12.7. The number of aromatic nitrogens is 2. The zero-order chi connectivity index (χ0) is 15.4. The van der Waals surface area contributed by atoms with Crippen molar-refractivity contribution in [2.75, 3.05) is 19.3 Å². The first-order chi connectivity index (χ1) is 10.1. The van der Waals surface area contributed by atoms with Crippen LogP contribution in [0.15, 0.2) is 0 Å². The largest absolute Gasteiger partial charge is 0.395 e. The van der Waals surface area contributed by atoms with E-state index in [0.717, 1.165) is 31.4 Å². The molecule has 7 nitrogen and oxygen atoms in total. The van der Waals surface area contributed by atoms with E-state index in [2.05, 4.69) is 15.5 Å². The van der Waals surface area contributed by atoms with Crippen LogP contribution >= 0.6 is 0 Å². The Kier molecular flexibility index (Phi) is 4.82. The third-order valence-corrected chi connectivity index (χ3v) is 3.90. The number of carbonyl (C=O) groups excluding carboxylic acids is 2. The molecule has 7 heteroatoms. The lowest BCUT2D eigenvalue weighted by molar-refractivity contribution is -0.126. The van der Waals surface area contributed by atoms with E-state index in [1.54, 1.807) is 11.9 Å². The molecule has 4 N–H and O–H groups in total. The van der Waals surface area contributed by atoms with E-state index in [1.807, 2.05) is 6.92 Å². The van der Waals surface area contributed by atoms with Crippen molar-refractivity contribution in [3.63, 3.8) is 0 Å². The number of nitrogens with zero attached hydrogens (tertiary/aromatic N) is 2. The predicted octanol–water partition coefficient (Wildman–Crippen LogP) is 0.685. The molecule has 0 saturated carbocycles. The molecular weight excluding hydrogens is 270 g/mol. The highest BCUT2D eigenvalue weighted by molar-refractivity contribution is 6.00. The standard InChI is InChI=1S/C14H23N5O2/c1-3-6-9-11(15)12(18-17-9)14(21)19-8-5-4-7-10(19)13(20)16-2/h10H,3-8,15H2,1-2H3,(H,16,20)(H,17,18). The number of piperidine rings is 1. The summed E-state index contributed by atoms with van der Waals surface area (Å²) in [7, 11) is 1.59. The number of H-pyrrole nitrogens is 1. The normalized spacial score (nSPS) is 18.6. The number of carbonyl (C=O) groups is 2. The molecular formula is C14H23N5O2. The number of likely N-dealkylation sites (N-methyl/N-ethyl adjacent to an activating group) is 1. The van der Waals surface area contributed by atoms with Crippen LogP contribution in [0.5, 0.6) is 0 Å². The molecule has 116 valence electrons. The first kappa shape index (κ1) is 15.3. The highest BCUT2D eigenvalue weighted by Crippen LogP contribution is 2.23. The van der Waals surface area contributed by atoms with E-state index < -0.39 is 6.04 Å². The van der Waals surface area contributed by atoms with Gasteiger partial charge in [-0.25, -0.2) is 0 Å². The number of nitrogen functional groups attached to an aromatic ring is 1. The Labute approximate surface area is 124 Å². The second kappa shape index (κ2) is 6.60. The van der Waals surface area contributed by atoms with Gasteiger partial charge in [-0.2, -0.15) is 5.10 Å². The van der Waals surface area contributed by atoms with Gasteiger partial charge in [0.25, 0.3) is 5.91 Å². The number of nitrogens with two attached hydrogens (primary N) is 1. The minimum absolute atomic E-state index is 0.133. The van der Waals surface area contributed by atoms with E-state index in [-0.39, 0.29) is 17.5 Å². The van der Waals surface area contributed by atoms with Gasteiger partial charge in [0.1, 0.15) is 6.04 Å². The van der Waals surface area contributed by atoms with Crippen molar-refractivity contribution in [1.29, 1.82) is 0 Å². The lowest BCUT2D eigenvalue weighted by Crippen LogP contribution is -2.51. The minimum Gasteiger partial charge on any atom is -0.395 e. The van der Waals surface area contributed by atoms with Crippen LogP contribution in [0.2, 0.25) is 0 Å². The van der Waals surface area contributed by atoms with Crippen molar-refractivity contribution >= 4 is 17.5 Å². The molecule has 1 atom stereocenters. The Morgan fingerprint density at radius 3 is 2.90 bits per heavy atom. The van der Waals surface area contributed by atoms with Gasteiger partial charge in [-0.1, -0.05) is 13.3 Å². The molecule has 0 spiro atoms. The first-order valence-electron chi connectivity index (χ1n) is 7.45. The molecule has 0 radical (unpaired) electrons. The summed E-state index contributed by atoms with van der Waals surface area (Å²) in [5.74, 6) is -0.398. The molecule has 0 bridgehead atoms. The van der Waals surface area contributed by atoms with Crippen LogP contribution in [0.1, 0.15) is 48.8 Å². The number of rotatable bonds is 4. The van der Waals surface area contributed by atoms with Gasteiger partial charge in [-0.3, -0.25) is 14.7 Å². The van der Waals surface area contributed by atoms with Crippen LogP contribution in [0, 0.1) is 0 Å². The number of nitrogens with one attached hydrogen (secondary N) is 2. The van der Waals surface area contributed by atoms with Crippen molar-refractivity contribution in [3.8, 4) is 0 Å².